The van der Waals surface area contributed by atoms with E-state index in [1.807, 2.05) is 27.8 Å². The number of amides is 1. The summed E-state index contributed by atoms with van der Waals surface area (Å²) in [5.74, 6) is 0. The molecule has 1 aliphatic rings. The predicted molar refractivity (Wildman–Crippen MR) is 69.1 cm³/mol. The van der Waals surface area contributed by atoms with Crippen molar-refractivity contribution in [2.75, 3.05) is 13.6 Å². The van der Waals surface area contributed by atoms with Gasteiger partial charge in [-0.3, -0.25) is 0 Å². The average Bonchev–Trinajstić information content (AvgIpc) is 2.25. The number of carbonyl (C=O) groups excluding carboxylic acids is 1. The van der Waals surface area contributed by atoms with Crippen molar-refractivity contribution in [3.63, 3.8) is 0 Å². The zero-order valence-electron chi connectivity index (χ0n) is 11.7. The molecule has 0 bridgehead atoms. The molecule has 100 valence electrons. The van der Waals surface area contributed by atoms with Crippen molar-refractivity contribution in [2.24, 2.45) is 0 Å². The third-order valence-electron chi connectivity index (χ3n) is 3.17. The van der Waals surface area contributed by atoms with Crippen LogP contribution in [0.1, 0.15) is 47.0 Å². The number of ether oxygens (including phenoxy) is 1. The van der Waals surface area contributed by atoms with Gasteiger partial charge in [-0.2, -0.15) is 0 Å². The molecule has 1 amide bonds. The van der Waals surface area contributed by atoms with Gasteiger partial charge in [-0.1, -0.05) is 6.92 Å². The maximum absolute atomic E-state index is 12.0. The van der Waals surface area contributed by atoms with E-state index in [-0.39, 0.29) is 12.1 Å². The van der Waals surface area contributed by atoms with Crippen LogP contribution in [0.25, 0.3) is 0 Å². The second-order valence-corrected chi connectivity index (χ2v) is 5.77. The average molecular weight is 242 g/mol. The van der Waals surface area contributed by atoms with Gasteiger partial charge < -0.3 is 15.0 Å². The Labute approximate surface area is 105 Å². The first-order valence-corrected chi connectivity index (χ1v) is 6.54. The fourth-order valence-corrected chi connectivity index (χ4v) is 2.29. The van der Waals surface area contributed by atoms with Gasteiger partial charge in [0.05, 0.1) is 6.04 Å². The van der Waals surface area contributed by atoms with Gasteiger partial charge in [-0.15, -0.1) is 0 Å². The first-order chi connectivity index (χ1) is 7.85. The molecule has 2 atom stereocenters. The minimum absolute atomic E-state index is 0.218. The molecule has 0 aromatic carbocycles. The maximum Gasteiger partial charge on any atom is 0.410 e. The van der Waals surface area contributed by atoms with Gasteiger partial charge in [0.1, 0.15) is 5.60 Å². The normalized spacial score (nSPS) is 25.5. The van der Waals surface area contributed by atoms with Crippen LogP contribution in [0.4, 0.5) is 4.79 Å². The van der Waals surface area contributed by atoms with Gasteiger partial charge >= 0.3 is 6.09 Å². The molecule has 0 unspecified atom stereocenters. The fourth-order valence-electron chi connectivity index (χ4n) is 2.29. The van der Waals surface area contributed by atoms with Crippen LogP contribution in [0.5, 0.6) is 0 Å². The maximum atomic E-state index is 12.0. The van der Waals surface area contributed by atoms with Gasteiger partial charge in [0.2, 0.25) is 0 Å². The number of carbonyl (C=O) groups is 1. The summed E-state index contributed by atoms with van der Waals surface area (Å²) in [7, 11) is 1.84. The van der Waals surface area contributed by atoms with Crippen molar-refractivity contribution >= 4 is 6.09 Å². The summed E-state index contributed by atoms with van der Waals surface area (Å²) >= 11 is 0. The number of piperidine rings is 1. The molecular formula is C13H26N2O2. The van der Waals surface area contributed by atoms with Crippen LogP contribution in [-0.2, 0) is 4.74 Å². The lowest BCUT2D eigenvalue weighted by molar-refractivity contribution is 0.0152. The number of nitrogens with zero attached hydrogens (tertiary/aromatic N) is 1. The lowest BCUT2D eigenvalue weighted by atomic mass is 9.95. The molecule has 0 aromatic heterocycles. The molecule has 0 aromatic rings. The number of hydrogen-bond acceptors (Lipinski definition) is 3. The monoisotopic (exact) mass is 242 g/mol. The molecule has 0 aliphatic carbocycles. The summed E-state index contributed by atoms with van der Waals surface area (Å²) in [5.41, 5.74) is -0.421. The van der Waals surface area contributed by atoms with E-state index in [0.717, 1.165) is 25.8 Å². The molecule has 4 heteroatoms. The molecule has 1 fully saturated rings. The zero-order valence-corrected chi connectivity index (χ0v) is 11.7. The van der Waals surface area contributed by atoms with Gasteiger partial charge in [0.15, 0.2) is 0 Å². The Kier molecular flexibility index (Phi) is 4.80. The van der Waals surface area contributed by atoms with Crippen LogP contribution in [0, 0.1) is 0 Å². The van der Waals surface area contributed by atoms with E-state index in [9.17, 15) is 4.79 Å². The Balaban J connectivity index is 2.60. The van der Waals surface area contributed by atoms with E-state index in [1.165, 1.54) is 0 Å². The smallest absolute Gasteiger partial charge is 0.410 e. The summed E-state index contributed by atoms with van der Waals surface area (Å²) in [4.78, 5) is 13.8. The lowest BCUT2D eigenvalue weighted by Crippen LogP contribution is -2.54. The topological polar surface area (TPSA) is 41.6 Å². The Bertz CT molecular complexity index is 261. The van der Waals surface area contributed by atoms with Gasteiger partial charge in [-0.05, 0) is 46.6 Å². The number of hydrogen-bond donors (Lipinski definition) is 1. The number of nitrogens with one attached hydrogen (secondary N) is 1. The lowest BCUT2D eigenvalue weighted by Gasteiger charge is -2.38. The summed E-state index contributed by atoms with van der Waals surface area (Å²) in [6.07, 6.45) is 3.00. The zero-order chi connectivity index (χ0) is 13.1. The summed E-state index contributed by atoms with van der Waals surface area (Å²) in [5, 5.41) is 3.47. The van der Waals surface area contributed by atoms with Crippen molar-refractivity contribution in [3.8, 4) is 0 Å². The second-order valence-electron chi connectivity index (χ2n) is 5.77. The van der Waals surface area contributed by atoms with Crippen LogP contribution in [0.2, 0.25) is 0 Å². The standard InChI is InChI=1S/C13H26N2O2/c1-6-10-11(8-7-9-14-10)15(5)12(16)17-13(2,3)4/h10-11,14H,6-9H2,1-5H3/t10-,11-/m1/s1. The predicted octanol–water partition coefficient (Wildman–Crippen LogP) is 2.38. The summed E-state index contributed by atoms with van der Waals surface area (Å²) < 4.78 is 5.40. The molecule has 1 rings (SSSR count). The van der Waals surface area contributed by atoms with E-state index in [4.69, 9.17) is 4.74 Å². The molecule has 0 spiro atoms. The Morgan fingerprint density at radius 3 is 2.65 bits per heavy atom. The van der Waals surface area contributed by atoms with Crippen molar-refractivity contribution in [2.45, 2.75) is 64.6 Å². The molecule has 1 saturated heterocycles. The number of rotatable bonds is 2. The molecule has 1 N–H and O–H groups in total. The van der Waals surface area contributed by atoms with Crippen molar-refractivity contribution in [3.05, 3.63) is 0 Å². The molecule has 4 nitrogen and oxygen atoms in total. The third-order valence-corrected chi connectivity index (χ3v) is 3.17. The highest BCUT2D eigenvalue weighted by Crippen LogP contribution is 2.19. The Hall–Kier alpha value is -0.770. The second kappa shape index (κ2) is 5.71. The van der Waals surface area contributed by atoms with E-state index in [2.05, 4.69) is 12.2 Å². The fraction of sp³-hybridized carbons (Fsp3) is 0.923. The quantitative estimate of drug-likeness (QED) is 0.808. The van der Waals surface area contributed by atoms with Gasteiger partial charge in [-0.25, -0.2) is 4.79 Å². The Morgan fingerprint density at radius 1 is 1.47 bits per heavy atom. The first-order valence-electron chi connectivity index (χ1n) is 6.54. The minimum atomic E-state index is -0.421. The van der Waals surface area contributed by atoms with Crippen molar-refractivity contribution in [1.29, 1.82) is 0 Å². The first kappa shape index (κ1) is 14.3. The van der Waals surface area contributed by atoms with Crippen LogP contribution < -0.4 is 5.32 Å². The largest absolute Gasteiger partial charge is 0.444 e. The number of likely N-dealkylation sites (N-methyl/N-ethyl adjacent to an activating group) is 1. The van der Waals surface area contributed by atoms with Crippen LogP contribution in [-0.4, -0.2) is 42.3 Å². The highest BCUT2D eigenvalue weighted by Gasteiger charge is 2.31. The molecule has 0 saturated carbocycles. The van der Waals surface area contributed by atoms with Gasteiger partial charge in [0.25, 0.3) is 0 Å². The van der Waals surface area contributed by atoms with Crippen LogP contribution in [0.15, 0.2) is 0 Å². The van der Waals surface area contributed by atoms with Crippen LogP contribution in [0.3, 0.4) is 0 Å². The van der Waals surface area contributed by atoms with E-state index in [0.29, 0.717) is 6.04 Å². The molecule has 1 heterocycles. The minimum Gasteiger partial charge on any atom is -0.444 e. The highest BCUT2D eigenvalue weighted by atomic mass is 16.6. The molecule has 0 radical (unpaired) electrons. The van der Waals surface area contributed by atoms with Crippen molar-refractivity contribution in [1.82, 2.24) is 10.2 Å². The van der Waals surface area contributed by atoms with Crippen LogP contribution >= 0.6 is 0 Å². The van der Waals surface area contributed by atoms with E-state index >= 15 is 0 Å². The molecule has 17 heavy (non-hydrogen) atoms. The van der Waals surface area contributed by atoms with Gasteiger partial charge in [0, 0.05) is 13.1 Å². The Morgan fingerprint density at radius 2 is 2.12 bits per heavy atom. The summed E-state index contributed by atoms with van der Waals surface area (Å²) in [6.45, 7) is 8.90. The SMILES string of the molecule is CC[C@H]1NCCC[C@H]1N(C)C(=O)OC(C)(C)C. The molecular weight excluding hydrogens is 216 g/mol. The van der Waals surface area contributed by atoms with E-state index in [1.54, 1.807) is 4.90 Å². The van der Waals surface area contributed by atoms with E-state index < -0.39 is 5.60 Å². The third kappa shape index (κ3) is 4.19. The molecule has 1 aliphatic heterocycles. The highest BCUT2D eigenvalue weighted by molar-refractivity contribution is 5.68. The van der Waals surface area contributed by atoms with Crippen molar-refractivity contribution < 1.29 is 9.53 Å². The summed E-state index contributed by atoms with van der Waals surface area (Å²) in [6, 6.07) is 0.643.